The first kappa shape index (κ1) is 14.8. The van der Waals surface area contributed by atoms with Gasteiger partial charge in [0.2, 0.25) is 0 Å². The standard InChI is InChI=1S/C16H26N2/c1-5-12-18(13-6-2)15-10-8-14(9-11-15)16(7-3)17-4/h5,8-11,16-17H,1,6-7,12-13H2,2-4H3. The van der Waals surface area contributed by atoms with Crippen LogP contribution >= 0.6 is 0 Å². The van der Waals surface area contributed by atoms with Crippen molar-refractivity contribution in [3.63, 3.8) is 0 Å². The molecule has 0 aliphatic carbocycles. The third-order valence-electron chi connectivity index (χ3n) is 3.26. The highest BCUT2D eigenvalue weighted by atomic mass is 15.1. The molecule has 0 bridgehead atoms. The maximum absolute atomic E-state index is 3.83. The molecule has 0 heterocycles. The van der Waals surface area contributed by atoms with Gasteiger partial charge in [-0.15, -0.1) is 6.58 Å². The van der Waals surface area contributed by atoms with Crippen LogP contribution in [0, 0.1) is 0 Å². The van der Waals surface area contributed by atoms with E-state index in [-0.39, 0.29) is 0 Å². The fraction of sp³-hybridized carbons (Fsp3) is 0.500. The molecule has 0 saturated heterocycles. The van der Waals surface area contributed by atoms with Crippen molar-refractivity contribution in [2.75, 3.05) is 25.0 Å². The average molecular weight is 246 g/mol. The lowest BCUT2D eigenvalue weighted by Crippen LogP contribution is -2.24. The molecule has 2 nitrogen and oxygen atoms in total. The normalized spacial score (nSPS) is 12.2. The highest BCUT2D eigenvalue weighted by Gasteiger charge is 2.08. The van der Waals surface area contributed by atoms with Gasteiger partial charge in [-0.25, -0.2) is 0 Å². The lowest BCUT2D eigenvalue weighted by atomic mass is 10.0. The zero-order valence-electron chi connectivity index (χ0n) is 11.9. The zero-order valence-corrected chi connectivity index (χ0v) is 11.9. The minimum absolute atomic E-state index is 0.457. The fourth-order valence-electron chi connectivity index (χ4n) is 2.28. The summed E-state index contributed by atoms with van der Waals surface area (Å²) in [6.45, 7) is 10.2. The van der Waals surface area contributed by atoms with Crippen molar-refractivity contribution < 1.29 is 0 Å². The summed E-state index contributed by atoms with van der Waals surface area (Å²) in [4.78, 5) is 2.36. The second kappa shape index (κ2) is 7.93. The number of benzene rings is 1. The molecule has 18 heavy (non-hydrogen) atoms. The Labute approximate surface area is 112 Å². The van der Waals surface area contributed by atoms with Crippen molar-refractivity contribution in [2.45, 2.75) is 32.7 Å². The third kappa shape index (κ3) is 3.88. The van der Waals surface area contributed by atoms with Gasteiger partial charge >= 0.3 is 0 Å². The number of nitrogens with one attached hydrogen (secondary N) is 1. The largest absolute Gasteiger partial charge is 0.368 e. The van der Waals surface area contributed by atoms with Crippen LogP contribution in [0.1, 0.15) is 38.3 Å². The molecule has 1 N–H and O–H groups in total. The summed E-state index contributed by atoms with van der Waals surface area (Å²) in [7, 11) is 2.02. The van der Waals surface area contributed by atoms with E-state index < -0.39 is 0 Å². The van der Waals surface area contributed by atoms with E-state index in [4.69, 9.17) is 0 Å². The predicted molar refractivity (Wildman–Crippen MR) is 81.2 cm³/mol. The van der Waals surface area contributed by atoms with Crippen molar-refractivity contribution in [1.82, 2.24) is 5.32 Å². The molecule has 0 aliphatic rings. The van der Waals surface area contributed by atoms with Crippen LogP contribution in [0.2, 0.25) is 0 Å². The van der Waals surface area contributed by atoms with E-state index in [0.29, 0.717) is 6.04 Å². The van der Waals surface area contributed by atoms with Gasteiger partial charge in [-0.3, -0.25) is 0 Å². The van der Waals surface area contributed by atoms with Gasteiger partial charge in [-0.1, -0.05) is 32.1 Å². The van der Waals surface area contributed by atoms with Crippen molar-refractivity contribution in [1.29, 1.82) is 0 Å². The van der Waals surface area contributed by atoms with Gasteiger partial charge in [0.15, 0.2) is 0 Å². The van der Waals surface area contributed by atoms with Crippen LogP contribution in [0.15, 0.2) is 36.9 Å². The molecule has 0 saturated carbocycles. The zero-order chi connectivity index (χ0) is 13.4. The summed E-state index contributed by atoms with van der Waals surface area (Å²) in [6, 6.07) is 9.35. The van der Waals surface area contributed by atoms with Crippen LogP contribution in [-0.4, -0.2) is 20.1 Å². The van der Waals surface area contributed by atoms with Crippen molar-refractivity contribution in [3.05, 3.63) is 42.5 Å². The number of hydrogen-bond donors (Lipinski definition) is 1. The first-order valence-electron chi connectivity index (χ1n) is 6.89. The molecule has 0 fully saturated rings. The number of nitrogens with zero attached hydrogens (tertiary/aromatic N) is 1. The van der Waals surface area contributed by atoms with E-state index in [1.54, 1.807) is 0 Å². The van der Waals surface area contributed by atoms with Crippen LogP contribution in [0.3, 0.4) is 0 Å². The first-order chi connectivity index (χ1) is 8.76. The highest BCUT2D eigenvalue weighted by Crippen LogP contribution is 2.21. The van der Waals surface area contributed by atoms with E-state index in [9.17, 15) is 0 Å². The Morgan fingerprint density at radius 3 is 2.39 bits per heavy atom. The summed E-state index contributed by atoms with van der Waals surface area (Å²) in [6.07, 6.45) is 4.23. The Morgan fingerprint density at radius 1 is 1.28 bits per heavy atom. The van der Waals surface area contributed by atoms with Crippen molar-refractivity contribution >= 4 is 5.69 Å². The Bertz CT molecular complexity index is 339. The smallest absolute Gasteiger partial charge is 0.0369 e. The minimum Gasteiger partial charge on any atom is -0.368 e. The molecule has 1 atom stereocenters. The van der Waals surface area contributed by atoms with Crippen LogP contribution in [0.5, 0.6) is 0 Å². The van der Waals surface area contributed by atoms with Gasteiger partial charge in [0.1, 0.15) is 0 Å². The fourth-order valence-corrected chi connectivity index (χ4v) is 2.28. The van der Waals surface area contributed by atoms with Crippen LogP contribution in [0.4, 0.5) is 5.69 Å². The third-order valence-corrected chi connectivity index (χ3v) is 3.26. The quantitative estimate of drug-likeness (QED) is 0.703. The molecule has 0 aromatic heterocycles. The van der Waals surface area contributed by atoms with Gasteiger partial charge in [0, 0.05) is 24.8 Å². The average Bonchev–Trinajstić information content (AvgIpc) is 2.41. The Kier molecular flexibility index (Phi) is 6.51. The second-order valence-corrected chi connectivity index (χ2v) is 4.58. The summed E-state index contributed by atoms with van der Waals surface area (Å²) in [5.74, 6) is 0. The molecule has 2 heteroatoms. The van der Waals surface area contributed by atoms with E-state index in [2.05, 4.69) is 54.9 Å². The first-order valence-corrected chi connectivity index (χ1v) is 6.89. The van der Waals surface area contributed by atoms with Gasteiger partial charge in [0.25, 0.3) is 0 Å². The molecule has 0 radical (unpaired) electrons. The summed E-state index contributed by atoms with van der Waals surface area (Å²) in [5.41, 5.74) is 2.64. The maximum Gasteiger partial charge on any atom is 0.0369 e. The summed E-state index contributed by atoms with van der Waals surface area (Å²) >= 11 is 0. The monoisotopic (exact) mass is 246 g/mol. The summed E-state index contributed by atoms with van der Waals surface area (Å²) in [5, 5.41) is 3.34. The van der Waals surface area contributed by atoms with E-state index >= 15 is 0 Å². The molecule has 0 amide bonds. The van der Waals surface area contributed by atoms with Crippen LogP contribution in [-0.2, 0) is 0 Å². The maximum atomic E-state index is 3.83. The van der Waals surface area contributed by atoms with E-state index in [1.807, 2.05) is 13.1 Å². The van der Waals surface area contributed by atoms with Gasteiger partial charge in [-0.05, 0) is 37.6 Å². The number of anilines is 1. The van der Waals surface area contributed by atoms with E-state index in [1.165, 1.54) is 11.3 Å². The SMILES string of the molecule is C=CCN(CCC)c1ccc(C(CC)NC)cc1. The van der Waals surface area contributed by atoms with Crippen LogP contribution < -0.4 is 10.2 Å². The second-order valence-electron chi connectivity index (χ2n) is 4.58. The molecule has 1 rings (SSSR count). The van der Waals surface area contributed by atoms with Gasteiger partial charge in [-0.2, -0.15) is 0 Å². The van der Waals surface area contributed by atoms with E-state index in [0.717, 1.165) is 25.9 Å². The molecule has 0 aliphatic heterocycles. The molecular formula is C16H26N2. The van der Waals surface area contributed by atoms with Crippen molar-refractivity contribution in [3.8, 4) is 0 Å². The predicted octanol–water partition coefficient (Wildman–Crippen LogP) is 3.76. The molecular weight excluding hydrogens is 220 g/mol. The Balaban J connectivity index is 2.82. The molecule has 1 aromatic carbocycles. The number of rotatable bonds is 8. The Hall–Kier alpha value is -1.28. The Morgan fingerprint density at radius 2 is 1.94 bits per heavy atom. The van der Waals surface area contributed by atoms with Gasteiger partial charge < -0.3 is 10.2 Å². The van der Waals surface area contributed by atoms with Crippen LogP contribution in [0.25, 0.3) is 0 Å². The lowest BCUT2D eigenvalue weighted by Gasteiger charge is -2.23. The molecule has 0 spiro atoms. The van der Waals surface area contributed by atoms with Crippen molar-refractivity contribution in [2.24, 2.45) is 0 Å². The number of hydrogen-bond acceptors (Lipinski definition) is 2. The molecule has 100 valence electrons. The van der Waals surface area contributed by atoms with Gasteiger partial charge in [0.05, 0.1) is 0 Å². The molecule has 1 aromatic rings. The minimum atomic E-state index is 0.457. The highest BCUT2D eigenvalue weighted by molar-refractivity contribution is 5.48. The summed E-state index contributed by atoms with van der Waals surface area (Å²) < 4.78 is 0. The lowest BCUT2D eigenvalue weighted by molar-refractivity contribution is 0.577. The molecule has 1 unspecified atom stereocenters. The topological polar surface area (TPSA) is 15.3 Å².